The van der Waals surface area contributed by atoms with E-state index in [1.165, 1.54) is 12.0 Å². The SMILES string of the molecule is COc1cc(OC)c2c(c1)O[C@@]1(C=C[C@@H](C(C)C)CC1)C[C@@H]2CC(C)C. The molecule has 144 valence electrons. The monoisotopic (exact) mass is 358 g/mol. The van der Waals surface area contributed by atoms with Gasteiger partial charge in [-0.2, -0.15) is 0 Å². The van der Waals surface area contributed by atoms with Crippen molar-refractivity contribution in [1.82, 2.24) is 0 Å². The molecule has 0 amide bonds. The zero-order valence-corrected chi connectivity index (χ0v) is 17.2. The van der Waals surface area contributed by atoms with Crippen molar-refractivity contribution in [2.24, 2.45) is 17.8 Å². The van der Waals surface area contributed by atoms with Gasteiger partial charge in [0, 0.05) is 17.7 Å². The standard InChI is InChI=1S/C23H34O3/c1-15(2)11-18-14-23(9-7-17(8-10-23)16(3)4)26-21-13-19(24-5)12-20(25-6)22(18)21/h7,9,12-13,15-18H,8,10-11,14H2,1-6H3/t17-,18+,23-/m1/s1. The summed E-state index contributed by atoms with van der Waals surface area (Å²) >= 11 is 0. The topological polar surface area (TPSA) is 27.7 Å². The van der Waals surface area contributed by atoms with Crippen LogP contribution in [-0.2, 0) is 0 Å². The van der Waals surface area contributed by atoms with Crippen LogP contribution in [-0.4, -0.2) is 19.8 Å². The minimum atomic E-state index is -0.185. The molecule has 0 bridgehead atoms. The fourth-order valence-corrected chi connectivity index (χ4v) is 4.60. The highest BCUT2D eigenvalue weighted by Gasteiger charge is 2.43. The summed E-state index contributed by atoms with van der Waals surface area (Å²) in [5, 5.41) is 0. The van der Waals surface area contributed by atoms with Crippen molar-refractivity contribution in [3.63, 3.8) is 0 Å². The third-order valence-electron chi connectivity index (χ3n) is 6.01. The first kappa shape index (κ1) is 19.1. The van der Waals surface area contributed by atoms with Gasteiger partial charge < -0.3 is 14.2 Å². The van der Waals surface area contributed by atoms with Crippen LogP contribution in [0.3, 0.4) is 0 Å². The van der Waals surface area contributed by atoms with Gasteiger partial charge in [0.1, 0.15) is 22.8 Å². The molecule has 3 nitrogen and oxygen atoms in total. The molecular formula is C23H34O3. The number of fused-ring (bicyclic) bond motifs is 1. The van der Waals surface area contributed by atoms with Gasteiger partial charge in [0.25, 0.3) is 0 Å². The molecule has 3 atom stereocenters. The van der Waals surface area contributed by atoms with Crippen molar-refractivity contribution >= 4 is 0 Å². The zero-order valence-electron chi connectivity index (χ0n) is 17.2. The molecule has 3 rings (SSSR count). The maximum atomic E-state index is 6.64. The van der Waals surface area contributed by atoms with E-state index < -0.39 is 0 Å². The minimum Gasteiger partial charge on any atom is -0.496 e. The van der Waals surface area contributed by atoms with E-state index in [0.717, 1.165) is 36.5 Å². The molecule has 2 aliphatic rings. The summed E-state index contributed by atoms with van der Waals surface area (Å²) in [6.07, 6.45) is 9.19. The second-order valence-corrected chi connectivity index (χ2v) is 8.74. The van der Waals surface area contributed by atoms with Gasteiger partial charge in [-0.1, -0.05) is 33.8 Å². The molecule has 1 aromatic rings. The molecule has 3 heteroatoms. The van der Waals surface area contributed by atoms with Crippen molar-refractivity contribution in [1.29, 1.82) is 0 Å². The molecule has 1 spiro atoms. The molecule has 0 radical (unpaired) electrons. The smallest absolute Gasteiger partial charge is 0.131 e. The van der Waals surface area contributed by atoms with Gasteiger partial charge in [-0.15, -0.1) is 0 Å². The summed E-state index contributed by atoms with van der Waals surface area (Å²) in [6, 6.07) is 4.02. The van der Waals surface area contributed by atoms with Crippen LogP contribution < -0.4 is 14.2 Å². The average Bonchev–Trinajstić information content (AvgIpc) is 2.60. The Morgan fingerprint density at radius 1 is 1.15 bits per heavy atom. The van der Waals surface area contributed by atoms with Gasteiger partial charge in [0.05, 0.1) is 14.2 Å². The first-order valence-electron chi connectivity index (χ1n) is 10.0. The van der Waals surface area contributed by atoms with Crippen molar-refractivity contribution in [2.75, 3.05) is 14.2 Å². The number of benzene rings is 1. The van der Waals surface area contributed by atoms with E-state index in [-0.39, 0.29) is 5.60 Å². The Morgan fingerprint density at radius 3 is 2.46 bits per heavy atom. The van der Waals surface area contributed by atoms with Gasteiger partial charge in [-0.05, 0) is 55.4 Å². The Morgan fingerprint density at radius 2 is 1.92 bits per heavy atom. The summed E-state index contributed by atoms with van der Waals surface area (Å²) in [5.41, 5.74) is 1.03. The molecule has 1 aliphatic heterocycles. The second-order valence-electron chi connectivity index (χ2n) is 8.74. The van der Waals surface area contributed by atoms with Crippen LogP contribution in [0.4, 0.5) is 0 Å². The molecule has 1 heterocycles. The number of allylic oxidation sites excluding steroid dienone is 1. The van der Waals surface area contributed by atoms with Crippen molar-refractivity contribution in [3.05, 3.63) is 29.8 Å². The molecule has 0 unspecified atom stereocenters. The highest BCUT2D eigenvalue weighted by atomic mass is 16.5. The van der Waals surface area contributed by atoms with Crippen LogP contribution in [0.2, 0.25) is 0 Å². The van der Waals surface area contributed by atoms with Gasteiger partial charge in [0.15, 0.2) is 0 Å². The fourth-order valence-electron chi connectivity index (χ4n) is 4.60. The minimum absolute atomic E-state index is 0.185. The maximum Gasteiger partial charge on any atom is 0.131 e. The molecule has 0 aromatic heterocycles. The maximum absolute atomic E-state index is 6.64. The molecule has 26 heavy (non-hydrogen) atoms. The summed E-state index contributed by atoms with van der Waals surface area (Å²) < 4.78 is 17.8. The lowest BCUT2D eigenvalue weighted by atomic mass is 9.72. The third kappa shape index (κ3) is 3.72. The lowest BCUT2D eigenvalue weighted by Gasteiger charge is -2.44. The van der Waals surface area contributed by atoms with Crippen molar-refractivity contribution in [3.8, 4) is 17.2 Å². The van der Waals surface area contributed by atoms with Crippen molar-refractivity contribution in [2.45, 2.75) is 64.9 Å². The largest absolute Gasteiger partial charge is 0.496 e. The van der Waals surface area contributed by atoms with Crippen LogP contribution in [0, 0.1) is 17.8 Å². The van der Waals surface area contributed by atoms with Crippen LogP contribution >= 0.6 is 0 Å². The molecule has 0 N–H and O–H groups in total. The van der Waals surface area contributed by atoms with E-state index in [9.17, 15) is 0 Å². The van der Waals surface area contributed by atoms with E-state index in [2.05, 4.69) is 39.8 Å². The quantitative estimate of drug-likeness (QED) is 0.606. The fraction of sp³-hybridized carbons (Fsp3) is 0.652. The van der Waals surface area contributed by atoms with E-state index in [1.54, 1.807) is 14.2 Å². The van der Waals surface area contributed by atoms with E-state index in [4.69, 9.17) is 14.2 Å². The van der Waals surface area contributed by atoms with Crippen LogP contribution in [0.25, 0.3) is 0 Å². The van der Waals surface area contributed by atoms with Gasteiger partial charge in [-0.25, -0.2) is 0 Å². The Kier molecular flexibility index (Phi) is 5.55. The molecule has 1 aromatic carbocycles. The van der Waals surface area contributed by atoms with Crippen LogP contribution in [0.15, 0.2) is 24.3 Å². The number of ether oxygens (including phenoxy) is 3. The molecule has 0 fully saturated rings. The lowest BCUT2D eigenvalue weighted by Crippen LogP contribution is -2.42. The number of hydrogen-bond donors (Lipinski definition) is 0. The predicted octanol–water partition coefficient (Wildman–Crippen LogP) is 5.98. The molecule has 0 saturated heterocycles. The molecule has 0 saturated carbocycles. The highest BCUT2D eigenvalue weighted by Crippen LogP contribution is 2.52. The highest BCUT2D eigenvalue weighted by molar-refractivity contribution is 5.54. The summed E-state index contributed by atoms with van der Waals surface area (Å²) in [7, 11) is 3.43. The summed E-state index contributed by atoms with van der Waals surface area (Å²) in [4.78, 5) is 0. The number of rotatable bonds is 5. The van der Waals surface area contributed by atoms with E-state index >= 15 is 0 Å². The van der Waals surface area contributed by atoms with Gasteiger partial charge >= 0.3 is 0 Å². The van der Waals surface area contributed by atoms with E-state index in [1.807, 2.05) is 12.1 Å². The van der Waals surface area contributed by atoms with Gasteiger partial charge in [0.2, 0.25) is 0 Å². The van der Waals surface area contributed by atoms with Crippen LogP contribution in [0.1, 0.15) is 64.9 Å². The number of hydrogen-bond acceptors (Lipinski definition) is 3. The lowest BCUT2D eigenvalue weighted by molar-refractivity contribution is 0.0542. The predicted molar refractivity (Wildman–Crippen MR) is 106 cm³/mol. The average molecular weight is 359 g/mol. The van der Waals surface area contributed by atoms with E-state index in [0.29, 0.717) is 23.7 Å². The third-order valence-corrected chi connectivity index (χ3v) is 6.01. The first-order valence-corrected chi connectivity index (χ1v) is 10.0. The summed E-state index contributed by atoms with van der Waals surface area (Å²) in [6.45, 7) is 9.20. The molecule has 1 aliphatic carbocycles. The molecular weight excluding hydrogens is 324 g/mol. The van der Waals surface area contributed by atoms with Crippen LogP contribution in [0.5, 0.6) is 17.2 Å². The number of methoxy groups -OCH3 is 2. The Labute approximate surface area is 158 Å². The Balaban J connectivity index is 2.01. The second kappa shape index (κ2) is 7.54. The van der Waals surface area contributed by atoms with Gasteiger partial charge in [-0.3, -0.25) is 0 Å². The normalized spacial score (nSPS) is 27.5. The Bertz CT molecular complexity index is 662. The Hall–Kier alpha value is -1.64. The zero-order chi connectivity index (χ0) is 18.9. The van der Waals surface area contributed by atoms with Crippen molar-refractivity contribution < 1.29 is 14.2 Å². The first-order chi connectivity index (χ1) is 12.4. The summed E-state index contributed by atoms with van der Waals surface area (Å²) in [5.74, 6) is 5.04.